The van der Waals surface area contributed by atoms with Gasteiger partial charge in [0.05, 0.1) is 13.2 Å². The molecule has 5 nitrogen and oxygen atoms in total. The Kier molecular flexibility index (Phi) is 10.3. The SMILES string of the molecule is CN=C(NCCCCOCCOC)NC1CCC(C)CC1. The third-order valence-corrected chi connectivity index (χ3v) is 4.02. The van der Waals surface area contributed by atoms with Crippen molar-refractivity contribution in [1.29, 1.82) is 0 Å². The molecule has 1 rings (SSSR count). The van der Waals surface area contributed by atoms with Gasteiger partial charge in [-0.1, -0.05) is 6.92 Å². The molecular formula is C16H33N3O2. The minimum absolute atomic E-state index is 0.588. The van der Waals surface area contributed by atoms with Crippen molar-refractivity contribution in [3.8, 4) is 0 Å². The zero-order valence-electron chi connectivity index (χ0n) is 14.0. The Balaban J connectivity index is 2.01. The van der Waals surface area contributed by atoms with Crippen LogP contribution in [0.4, 0.5) is 0 Å². The van der Waals surface area contributed by atoms with E-state index in [2.05, 4.69) is 22.5 Å². The molecule has 0 unspecified atom stereocenters. The summed E-state index contributed by atoms with van der Waals surface area (Å²) in [5.74, 6) is 1.82. The molecule has 0 amide bonds. The largest absolute Gasteiger partial charge is 0.382 e. The monoisotopic (exact) mass is 299 g/mol. The van der Waals surface area contributed by atoms with Crippen LogP contribution in [-0.2, 0) is 9.47 Å². The molecule has 0 saturated heterocycles. The van der Waals surface area contributed by atoms with Crippen molar-refractivity contribution in [3.63, 3.8) is 0 Å². The van der Waals surface area contributed by atoms with Crippen LogP contribution >= 0.6 is 0 Å². The molecule has 0 aromatic heterocycles. The van der Waals surface area contributed by atoms with Gasteiger partial charge in [0.1, 0.15) is 0 Å². The second-order valence-corrected chi connectivity index (χ2v) is 5.91. The molecule has 0 aromatic carbocycles. The summed E-state index contributed by atoms with van der Waals surface area (Å²) in [6.07, 6.45) is 7.33. The minimum Gasteiger partial charge on any atom is -0.382 e. The molecule has 0 radical (unpaired) electrons. The molecule has 124 valence electrons. The summed E-state index contributed by atoms with van der Waals surface area (Å²) in [7, 11) is 3.54. The molecule has 1 aliphatic rings. The molecule has 5 heteroatoms. The number of hydrogen-bond acceptors (Lipinski definition) is 3. The van der Waals surface area contributed by atoms with E-state index in [4.69, 9.17) is 9.47 Å². The van der Waals surface area contributed by atoms with Gasteiger partial charge < -0.3 is 20.1 Å². The highest BCUT2D eigenvalue weighted by Crippen LogP contribution is 2.23. The highest BCUT2D eigenvalue weighted by molar-refractivity contribution is 5.79. The van der Waals surface area contributed by atoms with Crippen LogP contribution in [0.25, 0.3) is 0 Å². The van der Waals surface area contributed by atoms with Crippen molar-refractivity contribution in [2.24, 2.45) is 10.9 Å². The van der Waals surface area contributed by atoms with Gasteiger partial charge in [0.2, 0.25) is 0 Å². The van der Waals surface area contributed by atoms with Gasteiger partial charge in [-0.05, 0) is 44.4 Å². The second-order valence-electron chi connectivity index (χ2n) is 5.91. The molecule has 1 saturated carbocycles. The van der Waals surface area contributed by atoms with Gasteiger partial charge in [-0.25, -0.2) is 0 Å². The molecular weight excluding hydrogens is 266 g/mol. The van der Waals surface area contributed by atoms with Crippen molar-refractivity contribution in [2.75, 3.05) is 40.5 Å². The van der Waals surface area contributed by atoms with Crippen LogP contribution in [0.15, 0.2) is 4.99 Å². The number of unbranched alkanes of at least 4 members (excludes halogenated alkanes) is 1. The summed E-state index contributed by atoms with van der Waals surface area (Å²) in [6, 6.07) is 0.588. The predicted molar refractivity (Wildman–Crippen MR) is 87.8 cm³/mol. The van der Waals surface area contributed by atoms with Crippen LogP contribution in [0, 0.1) is 5.92 Å². The Bertz CT molecular complexity index is 277. The zero-order chi connectivity index (χ0) is 15.3. The predicted octanol–water partition coefficient (Wildman–Crippen LogP) is 2.17. The van der Waals surface area contributed by atoms with Gasteiger partial charge >= 0.3 is 0 Å². The Morgan fingerprint density at radius 2 is 1.86 bits per heavy atom. The first-order chi connectivity index (χ1) is 10.3. The van der Waals surface area contributed by atoms with E-state index in [-0.39, 0.29) is 0 Å². The van der Waals surface area contributed by atoms with Crippen LogP contribution in [-0.4, -0.2) is 52.5 Å². The highest BCUT2D eigenvalue weighted by atomic mass is 16.5. The maximum atomic E-state index is 5.44. The summed E-state index contributed by atoms with van der Waals surface area (Å²) in [5, 5.41) is 6.92. The van der Waals surface area contributed by atoms with Crippen molar-refractivity contribution in [3.05, 3.63) is 0 Å². The lowest BCUT2D eigenvalue weighted by atomic mass is 9.87. The fourth-order valence-corrected chi connectivity index (χ4v) is 2.57. The van der Waals surface area contributed by atoms with Crippen molar-refractivity contribution in [2.45, 2.75) is 51.5 Å². The fraction of sp³-hybridized carbons (Fsp3) is 0.938. The zero-order valence-corrected chi connectivity index (χ0v) is 14.0. The Labute approximate surface area is 129 Å². The highest BCUT2D eigenvalue weighted by Gasteiger charge is 2.18. The van der Waals surface area contributed by atoms with Crippen LogP contribution in [0.3, 0.4) is 0 Å². The quantitative estimate of drug-likeness (QED) is 0.389. The Morgan fingerprint density at radius 1 is 1.10 bits per heavy atom. The van der Waals surface area contributed by atoms with E-state index < -0.39 is 0 Å². The average Bonchev–Trinajstić information content (AvgIpc) is 2.50. The number of rotatable bonds is 9. The first-order valence-corrected chi connectivity index (χ1v) is 8.30. The first kappa shape index (κ1) is 18.2. The van der Waals surface area contributed by atoms with Gasteiger partial charge in [-0.15, -0.1) is 0 Å². The topological polar surface area (TPSA) is 54.9 Å². The smallest absolute Gasteiger partial charge is 0.191 e. The third-order valence-electron chi connectivity index (χ3n) is 4.02. The average molecular weight is 299 g/mol. The summed E-state index contributed by atoms with van der Waals surface area (Å²) >= 11 is 0. The van der Waals surface area contributed by atoms with Crippen LogP contribution in [0.5, 0.6) is 0 Å². The standard InChI is InChI=1S/C16H33N3O2/c1-14-6-8-15(9-7-14)19-16(17-2)18-10-4-5-11-21-13-12-20-3/h14-15H,4-13H2,1-3H3,(H2,17,18,19). The Morgan fingerprint density at radius 3 is 2.52 bits per heavy atom. The molecule has 0 atom stereocenters. The van der Waals surface area contributed by atoms with Crippen LogP contribution in [0.1, 0.15) is 45.4 Å². The second kappa shape index (κ2) is 11.8. The van der Waals surface area contributed by atoms with Gasteiger partial charge in [0, 0.05) is 33.4 Å². The van der Waals surface area contributed by atoms with Crippen LogP contribution in [0.2, 0.25) is 0 Å². The maximum Gasteiger partial charge on any atom is 0.191 e. The molecule has 1 fully saturated rings. The Hall–Kier alpha value is -0.810. The third kappa shape index (κ3) is 8.94. The molecule has 21 heavy (non-hydrogen) atoms. The van der Waals surface area contributed by atoms with E-state index >= 15 is 0 Å². The summed E-state index contributed by atoms with van der Waals surface area (Å²) < 4.78 is 10.4. The van der Waals surface area contributed by atoms with E-state index in [1.54, 1.807) is 7.11 Å². The van der Waals surface area contributed by atoms with Crippen LogP contribution < -0.4 is 10.6 Å². The number of methoxy groups -OCH3 is 1. The molecule has 1 aliphatic carbocycles. The lowest BCUT2D eigenvalue weighted by Gasteiger charge is -2.28. The first-order valence-electron chi connectivity index (χ1n) is 8.30. The molecule has 0 heterocycles. The van der Waals surface area contributed by atoms with E-state index in [0.717, 1.165) is 37.9 Å². The van der Waals surface area contributed by atoms with E-state index in [9.17, 15) is 0 Å². The molecule has 2 N–H and O–H groups in total. The summed E-state index contributed by atoms with van der Waals surface area (Å²) in [5.41, 5.74) is 0. The summed E-state index contributed by atoms with van der Waals surface area (Å²) in [6.45, 7) is 5.45. The van der Waals surface area contributed by atoms with Gasteiger partial charge in [-0.3, -0.25) is 4.99 Å². The lowest BCUT2D eigenvalue weighted by Crippen LogP contribution is -2.45. The van der Waals surface area contributed by atoms with Gasteiger partial charge in [0.15, 0.2) is 5.96 Å². The number of ether oxygens (including phenoxy) is 2. The molecule has 0 aliphatic heterocycles. The number of guanidine groups is 1. The molecule has 0 aromatic rings. The normalized spacial score (nSPS) is 23.1. The van der Waals surface area contributed by atoms with E-state index in [1.807, 2.05) is 7.05 Å². The van der Waals surface area contributed by atoms with E-state index in [0.29, 0.717) is 19.3 Å². The van der Waals surface area contributed by atoms with Gasteiger partial charge in [-0.2, -0.15) is 0 Å². The minimum atomic E-state index is 0.588. The van der Waals surface area contributed by atoms with E-state index in [1.165, 1.54) is 25.7 Å². The number of aliphatic imine (C=N–C) groups is 1. The lowest BCUT2D eigenvalue weighted by molar-refractivity contribution is 0.0689. The van der Waals surface area contributed by atoms with Crippen molar-refractivity contribution >= 4 is 5.96 Å². The molecule has 0 bridgehead atoms. The number of hydrogen-bond donors (Lipinski definition) is 2. The van der Waals surface area contributed by atoms with Crippen molar-refractivity contribution in [1.82, 2.24) is 10.6 Å². The van der Waals surface area contributed by atoms with Crippen molar-refractivity contribution < 1.29 is 9.47 Å². The number of nitrogens with one attached hydrogen (secondary N) is 2. The number of nitrogens with zero attached hydrogens (tertiary/aromatic N) is 1. The maximum absolute atomic E-state index is 5.44. The molecule has 0 spiro atoms. The summed E-state index contributed by atoms with van der Waals surface area (Å²) in [4.78, 5) is 4.31. The van der Waals surface area contributed by atoms with Gasteiger partial charge in [0.25, 0.3) is 0 Å². The fourth-order valence-electron chi connectivity index (χ4n) is 2.57.